The van der Waals surface area contributed by atoms with Crippen molar-refractivity contribution in [1.29, 1.82) is 0 Å². The lowest BCUT2D eigenvalue weighted by Crippen LogP contribution is -2.12. The smallest absolute Gasteiger partial charge is 0.255 e. The number of benzene rings is 2. The van der Waals surface area contributed by atoms with Gasteiger partial charge in [-0.1, -0.05) is 6.07 Å². The van der Waals surface area contributed by atoms with E-state index in [2.05, 4.69) is 43.8 Å². The molecule has 0 saturated carbocycles. The number of rotatable bonds is 3. The molecule has 0 fully saturated rings. The Labute approximate surface area is 140 Å². The zero-order valence-electron chi connectivity index (χ0n) is 11.0. The van der Waals surface area contributed by atoms with E-state index < -0.39 is 0 Å². The van der Waals surface area contributed by atoms with Crippen LogP contribution in [0.3, 0.4) is 0 Å². The van der Waals surface area contributed by atoms with E-state index in [1.54, 1.807) is 25.3 Å². The number of carbonyl (C=O) groups excluding carboxylic acids is 1. The number of anilines is 1. The Morgan fingerprint density at radius 1 is 1.25 bits per heavy atom. The molecule has 0 bridgehead atoms. The molecule has 1 N–H and O–H groups in total. The van der Waals surface area contributed by atoms with Gasteiger partial charge < -0.3 is 10.1 Å². The highest BCUT2D eigenvalue weighted by molar-refractivity contribution is 14.1. The second-order valence-corrected chi connectivity index (χ2v) is 6.28. The number of halogens is 2. The first-order valence-corrected chi connectivity index (χ1v) is 7.79. The summed E-state index contributed by atoms with van der Waals surface area (Å²) in [7, 11) is 1.59. The summed E-state index contributed by atoms with van der Waals surface area (Å²) in [5, 5.41) is 2.89. The minimum absolute atomic E-state index is 0.145. The lowest BCUT2D eigenvalue weighted by Gasteiger charge is -2.09. The molecule has 0 spiro atoms. The average Bonchev–Trinajstić information content (AvgIpc) is 2.42. The van der Waals surface area contributed by atoms with Crippen molar-refractivity contribution >= 4 is 50.1 Å². The van der Waals surface area contributed by atoms with Crippen LogP contribution in [0.5, 0.6) is 5.75 Å². The third-order valence-corrected chi connectivity index (χ3v) is 4.63. The molecule has 2 aromatic rings. The molecule has 2 rings (SSSR count). The summed E-state index contributed by atoms with van der Waals surface area (Å²) in [6.07, 6.45) is 0. The van der Waals surface area contributed by atoms with Crippen molar-refractivity contribution in [3.63, 3.8) is 0 Å². The van der Waals surface area contributed by atoms with E-state index in [-0.39, 0.29) is 5.91 Å². The lowest BCUT2D eigenvalue weighted by molar-refractivity contribution is 0.102. The summed E-state index contributed by atoms with van der Waals surface area (Å²) in [6.45, 7) is 2.04. The monoisotopic (exact) mass is 445 g/mol. The van der Waals surface area contributed by atoms with Gasteiger partial charge in [0.1, 0.15) is 5.75 Å². The van der Waals surface area contributed by atoms with Crippen LogP contribution in [0.15, 0.2) is 40.9 Å². The third kappa shape index (κ3) is 3.52. The van der Waals surface area contributed by atoms with E-state index in [4.69, 9.17) is 4.74 Å². The van der Waals surface area contributed by atoms with E-state index in [1.165, 1.54) is 5.56 Å². The number of hydrogen-bond donors (Lipinski definition) is 1. The van der Waals surface area contributed by atoms with Gasteiger partial charge in [0, 0.05) is 14.8 Å². The van der Waals surface area contributed by atoms with E-state index in [0.29, 0.717) is 11.3 Å². The first-order chi connectivity index (χ1) is 9.51. The fourth-order valence-electron chi connectivity index (χ4n) is 1.68. The lowest BCUT2D eigenvalue weighted by atomic mass is 10.2. The predicted molar refractivity (Wildman–Crippen MR) is 92.5 cm³/mol. The Morgan fingerprint density at radius 2 is 2.00 bits per heavy atom. The summed E-state index contributed by atoms with van der Waals surface area (Å²) in [5.74, 6) is 0.555. The summed E-state index contributed by atoms with van der Waals surface area (Å²) in [5.41, 5.74) is 2.56. The minimum Gasteiger partial charge on any atom is -0.496 e. The van der Waals surface area contributed by atoms with Crippen LogP contribution in [0.2, 0.25) is 0 Å². The number of amides is 1. The summed E-state index contributed by atoms with van der Waals surface area (Å²) >= 11 is 5.63. The van der Waals surface area contributed by atoms with Gasteiger partial charge >= 0.3 is 0 Å². The number of carbonyl (C=O) groups is 1. The standard InChI is InChI=1S/C15H13BrINO2/c1-9-3-5-11(8-13(9)17)18-15(19)10-4-6-14(20-2)12(16)7-10/h3-8H,1-2H3,(H,18,19). The number of nitrogens with one attached hydrogen (secondary N) is 1. The Hall–Kier alpha value is -1.08. The van der Waals surface area contributed by atoms with Gasteiger partial charge in [-0.2, -0.15) is 0 Å². The van der Waals surface area contributed by atoms with Crippen LogP contribution in [0.25, 0.3) is 0 Å². The largest absolute Gasteiger partial charge is 0.496 e. The molecule has 0 aliphatic carbocycles. The second-order valence-electron chi connectivity index (χ2n) is 4.27. The SMILES string of the molecule is COc1ccc(C(=O)Nc2ccc(C)c(I)c2)cc1Br. The highest BCUT2D eigenvalue weighted by Gasteiger charge is 2.09. The molecule has 1 amide bonds. The molecule has 0 saturated heterocycles. The van der Waals surface area contributed by atoms with Gasteiger partial charge in [-0.25, -0.2) is 0 Å². The first-order valence-electron chi connectivity index (χ1n) is 5.92. The molecule has 0 atom stereocenters. The van der Waals surface area contributed by atoms with Crippen LogP contribution in [0, 0.1) is 10.5 Å². The number of aryl methyl sites for hydroxylation is 1. The average molecular weight is 446 g/mol. The Balaban J connectivity index is 2.19. The van der Waals surface area contributed by atoms with Gasteiger partial charge in [0.25, 0.3) is 5.91 Å². The van der Waals surface area contributed by atoms with E-state index >= 15 is 0 Å². The maximum Gasteiger partial charge on any atom is 0.255 e. The van der Waals surface area contributed by atoms with Gasteiger partial charge in [0.2, 0.25) is 0 Å². The van der Waals surface area contributed by atoms with Crippen molar-refractivity contribution in [1.82, 2.24) is 0 Å². The van der Waals surface area contributed by atoms with Crippen LogP contribution in [-0.2, 0) is 0 Å². The van der Waals surface area contributed by atoms with Crippen LogP contribution in [-0.4, -0.2) is 13.0 Å². The van der Waals surface area contributed by atoms with Crippen molar-refractivity contribution < 1.29 is 9.53 Å². The molecule has 0 aliphatic heterocycles. The van der Waals surface area contributed by atoms with Gasteiger partial charge in [0.15, 0.2) is 0 Å². The second kappa shape index (κ2) is 6.58. The highest BCUT2D eigenvalue weighted by atomic mass is 127. The van der Waals surface area contributed by atoms with Crippen LogP contribution in [0.1, 0.15) is 15.9 Å². The van der Waals surface area contributed by atoms with Gasteiger partial charge in [-0.15, -0.1) is 0 Å². The molecular weight excluding hydrogens is 433 g/mol. The van der Waals surface area contributed by atoms with Gasteiger partial charge in [-0.3, -0.25) is 4.79 Å². The van der Waals surface area contributed by atoms with Crippen molar-refractivity contribution in [2.75, 3.05) is 12.4 Å². The van der Waals surface area contributed by atoms with E-state index in [9.17, 15) is 4.79 Å². The molecule has 0 heterocycles. The molecule has 0 aliphatic rings. The summed E-state index contributed by atoms with van der Waals surface area (Å²) in [6, 6.07) is 11.1. The zero-order valence-corrected chi connectivity index (χ0v) is 14.8. The van der Waals surface area contributed by atoms with Gasteiger partial charge in [-0.05, 0) is 81.3 Å². The van der Waals surface area contributed by atoms with Crippen molar-refractivity contribution in [3.05, 3.63) is 55.6 Å². The molecule has 20 heavy (non-hydrogen) atoms. The highest BCUT2D eigenvalue weighted by Crippen LogP contribution is 2.26. The number of hydrogen-bond acceptors (Lipinski definition) is 2. The Morgan fingerprint density at radius 3 is 2.60 bits per heavy atom. The Bertz CT molecular complexity index is 658. The number of methoxy groups -OCH3 is 1. The van der Waals surface area contributed by atoms with E-state index in [0.717, 1.165) is 13.7 Å². The van der Waals surface area contributed by atoms with Crippen LogP contribution in [0.4, 0.5) is 5.69 Å². The van der Waals surface area contributed by atoms with Crippen molar-refractivity contribution in [2.45, 2.75) is 6.92 Å². The summed E-state index contributed by atoms with van der Waals surface area (Å²) < 4.78 is 7.02. The number of ether oxygens (including phenoxy) is 1. The van der Waals surface area contributed by atoms with Gasteiger partial charge in [0.05, 0.1) is 11.6 Å². The fourth-order valence-corrected chi connectivity index (χ4v) is 2.74. The zero-order chi connectivity index (χ0) is 14.7. The normalized spacial score (nSPS) is 10.2. The van der Waals surface area contributed by atoms with Crippen LogP contribution < -0.4 is 10.1 Å². The van der Waals surface area contributed by atoms with Crippen molar-refractivity contribution in [2.24, 2.45) is 0 Å². The maximum absolute atomic E-state index is 12.2. The molecule has 0 unspecified atom stereocenters. The summed E-state index contributed by atoms with van der Waals surface area (Å²) in [4.78, 5) is 12.2. The molecule has 0 radical (unpaired) electrons. The Kier molecular flexibility index (Phi) is 5.04. The first kappa shape index (κ1) is 15.3. The van der Waals surface area contributed by atoms with Crippen molar-refractivity contribution in [3.8, 4) is 5.75 Å². The molecule has 5 heteroatoms. The van der Waals surface area contributed by atoms with E-state index in [1.807, 2.05) is 25.1 Å². The molecular formula is C15H13BrINO2. The molecule has 2 aromatic carbocycles. The quantitative estimate of drug-likeness (QED) is 0.700. The molecule has 3 nitrogen and oxygen atoms in total. The fraction of sp³-hybridized carbons (Fsp3) is 0.133. The molecule has 0 aromatic heterocycles. The van der Waals surface area contributed by atoms with Crippen LogP contribution >= 0.6 is 38.5 Å². The molecule has 104 valence electrons. The third-order valence-electron chi connectivity index (χ3n) is 2.84. The predicted octanol–water partition coefficient (Wildman–Crippen LogP) is 4.62. The topological polar surface area (TPSA) is 38.3 Å². The minimum atomic E-state index is -0.145. The maximum atomic E-state index is 12.2.